The third-order valence-corrected chi connectivity index (χ3v) is 6.97. The molecule has 6 heteroatoms. The van der Waals surface area contributed by atoms with E-state index in [-0.39, 0.29) is 17.8 Å². The number of carbonyl (C=O) groups is 1. The van der Waals surface area contributed by atoms with Crippen molar-refractivity contribution in [3.8, 4) is 0 Å². The van der Waals surface area contributed by atoms with Crippen LogP contribution >= 0.6 is 22.7 Å². The molecule has 0 aliphatic carbocycles. The van der Waals surface area contributed by atoms with E-state index < -0.39 is 0 Å². The lowest BCUT2D eigenvalue weighted by Crippen LogP contribution is -3.14. The summed E-state index contributed by atoms with van der Waals surface area (Å²) in [6, 6.07) is 13.2. The fourth-order valence-corrected chi connectivity index (χ4v) is 5.54. The number of thiophene rings is 2. The van der Waals surface area contributed by atoms with Crippen molar-refractivity contribution in [3.63, 3.8) is 0 Å². The number of hydrogen-bond donors (Lipinski definition) is 2. The fraction of sp³-hybridized carbons (Fsp3) is 0.286. The quantitative estimate of drug-likeness (QED) is 0.654. The molecule has 1 unspecified atom stereocenters. The number of hydrogen-bond acceptors (Lipinski definition) is 3. The summed E-state index contributed by atoms with van der Waals surface area (Å²) in [5.74, 6) is -0.156. The highest BCUT2D eigenvalue weighted by atomic mass is 32.1. The second kappa shape index (κ2) is 8.33. The molecule has 0 spiro atoms. The van der Waals surface area contributed by atoms with Crippen molar-refractivity contribution in [1.29, 1.82) is 0 Å². The van der Waals surface area contributed by atoms with Crippen molar-refractivity contribution in [1.82, 2.24) is 5.32 Å². The van der Waals surface area contributed by atoms with Gasteiger partial charge in [-0.15, -0.1) is 22.7 Å². The van der Waals surface area contributed by atoms with E-state index in [1.807, 2.05) is 11.3 Å². The number of fused-ring (bicyclic) bond motifs is 1. The van der Waals surface area contributed by atoms with Gasteiger partial charge in [0.2, 0.25) is 0 Å². The van der Waals surface area contributed by atoms with Gasteiger partial charge in [-0.2, -0.15) is 0 Å². The minimum absolute atomic E-state index is 0.0762. The van der Waals surface area contributed by atoms with Crippen molar-refractivity contribution < 1.29 is 14.1 Å². The largest absolute Gasteiger partial charge is 0.351 e. The average Bonchev–Trinajstić information content (AvgIpc) is 3.35. The number of quaternary nitrogens is 1. The highest BCUT2D eigenvalue weighted by Gasteiger charge is 2.34. The van der Waals surface area contributed by atoms with Crippen LogP contribution in [0.2, 0.25) is 0 Å². The molecule has 0 fully saturated rings. The maximum atomic E-state index is 13.0. The summed E-state index contributed by atoms with van der Waals surface area (Å²) in [5.41, 5.74) is 2.41. The second-order valence-corrected chi connectivity index (χ2v) is 8.79. The summed E-state index contributed by atoms with van der Waals surface area (Å²) >= 11 is 3.59. The Kier molecular flexibility index (Phi) is 5.66. The molecule has 1 aliphatic heterocycles. The molecule has 1 aliphatic rings. The Morgan fingerprint density at radius 3 is 2.78 bits per heavy atom. The third kappa shape index (κ3) is 4.29. The van der Waals surface area contributed by atoms with Gasteiger partial charge in [-0.1, -0.05) is 18.2 Å². The van der Waals surface area contributed by atoms with Gasteiger partial charge in [0.25, 0.3) is 5.91 Å². The summed E-state index contributed by atoms with van der Waals surface area (Å²) in [6.07, 6.45) is 1.75. The van der Waals surface area contributed by atoms with Gasteiger partial charge in [0, 0.05) is 23.4 Å². The molecule has 2 aromatic heterocycles. The van der Waals surface area contributed by atoms with Crippen LogP contribution in [0.4, 0.5) is 4.39 Å². The van der Waals surface area contributed by atoms with Gasteiger partial charge in [-0.3, -0.25) is 4.79 Å². The van der Waals surface area contributed by atoms with Crippen LogP contribution in [-0.2, 0) is 17.6 Å². The molecule has 3 heterocycles. The first-order valence-electron chi connectivity index (χ1n) is 9.16. The maximum absolute atomic E-state index is 13.0. The van der Waals surface area contributed by atoms with E-state index in [0.717, 1.165) is 18.5 Å². The first kappa shape index (κ1) is 18.3. The lowest BCUT2D eigenvalue weighted by Gasteiger charge is -2.31. The molecule has 2 N–H and O–H groups in total. The number of nitrogens with one attached hydrogen (secondary N) is 2. The third-order valence-electron chi connectivity index (χ3n) is 5.04. The van der Waals surface area contributed by atoms with E-state index in [4.69, 9.17) is 0 Å². The van der Waals surface area contributed by atoms with Crippen LogP contribution in [0, 0.1) is 5.82 Å². The number of carbonyl (C=O) groups excluding carboxylic acids is 1. The molecule has 0 bridgehead atoms. The molecular weight excluding hydrogens is 379 g/mol. The molecule has 0 radical (unpaired) electrons. The zero-order valence-electron chi connectivity index (χ0n) is 14.9. The zero-order chi connectivity index (χ0) is 18.6. The molecule has 4 rings (SSSR count). The van der Waals surface area contributed by atoms with Gasteiger partial charge in [0.05, 0.1) is 11.4 Å². The van der Waals surface area contributed by atoms with E-state index in [2.05, 4.69) is 34.3 Å². The Hall–Kier alpha value is -2.02. The van der Waals surface area contributed by atoms with Gasteiger partial charge in [-0.25, -0.2) is 4.39 Å². The Morgan fingerprint density at radius 1 is 1.15 bits per heavy atom. The predicted molar refractivity (Wildman–Crippen MR) is 108 cm³/mol. The van der Waals surface area contributed by atoms with Crippen LogP contribution in [0.1, 0.15) is 26.9 Å². The highest BCUT2D eigenvalue weighted by molar-refractivity contribution is 7.10. The lowest BCUT2D eigenvalue weighted by atomic mass is 9.98. The van der Waals surface area contributed by atoms with Crippen LogP contribution in [0.25, 0.3) is 0 Å². The molecule has 3 nitrogen and oxygen atoms in total. The van der Waals surface area contributed by atoms with Crippen molar-refractivity contribution in [2.75, 3.05) is 19.6 Å². The Balaban J connectivity index is 1.37. The lowest BCUT2D eigenvalue weighted by molar-refractivity contribution is -0.919. The first-order valence-corrected chi connectivity index (χ1v) is 10.9. The molecule has 1 aromatic carbocycles. The van der Waals surface area contributed by atoms with Gasteiger partial charge in [0.1, 0.15) is 11.9 Å². The van der Waals surface area contributed by atoms with Gasteiger partial charge in [0.15, 0.2) is 6.54 Å². The molecule has 140 valence electrons. The van der Waals surface area contributed by atoms with Crippen molar-refractivity contribution in [2.45, 2.75) is 18.9 Å². The van der Waals surface area contributed by atoms with E-state index in [1.54, 1.807) is 23.5 Å². The van der Waals surface area contributed by atoms with E-state index in [9.17, 15) is 9.18 Å². The standard InChI is InChI=1S/C21H21FN2OS2/c22-16-5-3-15(4-6-16)7-10-23-20(25)14-24-11-8-18-17(9-13-27-18)21(24)19-2-1-12-26-19/h1-6,9,12-13,21H,7-8,10-11,14H2,(H,23,25)/p+1/t21-/m0/s1. The molecule has 1 amide bonds. The number of amides is 1. The van der Waals surface area contributed by atoms with Crippen molar-refractivity contribution in [3.05, 3.63) is 79.9 Å². The first-order chi connectivity index (χ1) is 13.2. The summed E-state index contributed by atoms with van der Waals surface area (Å²) < 4.78 is 13.0. The second-order valence-electron chi connectivity index (χ2n) is 6.81. The molecular formula is C21H22FN2OS2+. The van der Waals surface area contributed by atoms with Gasteiger partial charge < -0.3 is 10.2 Å². The monoisotopic (exact) mass is 401 g/mol. The Labute approximate surface area is 166 Å². The molecule has 27 heavy (non-hydrogen) atoms. The Bertz CT molecular complexity index is 889. The van der Waals surface area contributed by atoms with Crippen LogP contribution in [0.3, 0.4) is 0 Å². The fourth-order valence-electron chi connectivity index (χ4n) is 3.72. The molecule has 3 aromatic rings. The number of halogens is 1. The smallest absolute Gasteiger partial charge is 0.275 e. The van der Waals surface area contributed by atoms with Crippen LogP contribution < -0.4 is 10.2 Å². The molecule has 0 saturated carbocycles. The number of benzene rings is 1. The summed E-state index contributed by atoms with van der Waals surface area (Å²) in [5, 5.41) is 7.30. The summed E-state index contributed by atoms with van der Waals surface area (Å²) in [4.78, 5) is 16.6. The Morgan fingerprint density at radius 2 is 2.00 bits per heavy atom. The van der Waals surface area contributed by atoms with E-state index in [0.29, 0.717) is 19.5 Å². The minimum Gasteiger partial charge on any atom is -0.351 e. The average molecular weight is 402 g/mol. The van der Waals surface area contributed by atoms with Crippen LogP contribution in [0.5, 0.6) is 0 Å². The van der Waals surface area contributed by atoms with Crippen LogP contribution in [0.15, 0.2) is 53.2 Å². The normalized spacial score (nSPS) is 18.9. The summed E-state index contributed by atoms with van der Waals surface area (Å²) in [6.45, 7) is 2.02. The summed E-state index contributed by atoms with van der Waals surface area (Å²) in [7, 11) is 0. The number of rotatable bonds is 6. The maximum Gasteiger partial charge on any atom is 0.275 e. The van der Waals surface area contributed by atoms with Crippen LogP contribution in [-0.4, -0.2) is 25.5 Å². The predicted octanol–water partition coefficient (Wildman–Crippen LogP) is 2.84. The van der Waals surface area contributed by atoms with E-state index >= 15 is 0 Å². The topological polar surface area (TPSA) is 33.5 Å². The van der Waals surface area contributed by atoms with E-state index in [1.165, 1.54) is 32.4 Å². The highest BCUT2D eigenvalue weighted by Crippen LogP contribution is 2.31. The van der Waals surface area contributed by atoms with Crippen molar-refractivity contribution in [2.24, 2.45) is 0 Å². The molecule has 2 atom stereocenters. The zero-order valence-corrected chi connectivity index (χ0v) is 16.5. The van der Waals surface area contributed by atoms with Crippen molar-refractivity contribution >= 4 is 28.6 Å². The minimum atomic E-state index is -0.232. The SMILES string of the molecule is O=C(C[NH+]1CCc2sccc2[C@H]1c1cccs1)NCCc1ccc(F)cc1. The van der Waals surface area contributed by atoms with Gasteiger partial charge >= 0.3 is 0 Å². The van der Waals surface area contributed by atoms with Gasteiger partial charge in [-0.05, 0) is 47.0 Å². The molecule has 0 saturated heterocycles.